The molecule has 2 aliphatic rings. The number of hydrogen-bond donors (Lipinski definition) is 1. The normalized spacial score (nSPS) is 19.8. The lowest BCUT2D eigenvalue weighted by atomic mass is 9.84. The van der Waals surface area contributed by atoms with E-state index in [-0.39, 0.29) is 0 Å². The first-order chi connectivity index (χ1) is 12.8. The summed E-state index contributed by atoms with van der Waals surface area (Å²) in [5.41, 5.74) is 4.84. The molecule has 1 aliphatic carbocycles. The number of aliphatic hydroxyl groups excluding tert-OH is 1. The average Bonchev–Trinajstić information content (AvgIpc) is 3.44. The first kappa shape index (κ1) is 15.9. The van der Waals surface area contributed by atoms with Crippen LogP contribution < -0.4 is 4.90 Å². The minimum atomic E-state index is -0.399. The maximum atomic E-state index is 11.3. The molecule has 4 heteroatoms. The summed E-state index contributed by atoms with van der Waals surface area (Å²) in [7, 11) is 0. The van der Waals surface area contributed by atoms with Crippen LogP contribution in [0.3, 0.4) is 0 Å². The van der Waals surface area contributed by atoms with Gasteiger partial charge in [0.15, 0.2) is 0 Å². The van der Waals surface area contributed by atoms with Gasteiger partial charge in [-0.05, 0) is 61.3 Å². The maximum Gasteiger partial charge on any atom is 0.0992 e. The number of aromatic nitrogens is 2. The molecular weight excluding hydrogens is 322 g/mol. The van der Waals surface area contributed by atoms with Gasteiger partial charge in [-0.15, -0.1) is 0 Å². The van der Waals surface area contributed by atoms with Crippen molar-refractivity contribution < 1.29 is 5.11 Å². The van der Waals surface area contributed by atoms with Crippen LogP contribution in [-0.2, 0) is 0 Å². The third-order valence-corrected chi connectivity index (χ3v) is 6.09. The van der Waals surface area contributed by atoms with Crippen molar-refractivity contribution >= 4 is 11.2 Å². The average molecular weight is 347 g/mol. The van der Waals surface area contributed by atoms with Crippen molar-refractivity contribution in [2.45, 2.75) is 37.7 Å². The Balaban J connectivity index is 1.39. The van der Waals surface area contributed by atoms with Crippen LogP contribution in [0.2, 0.25) is 0 Å². The third kappa shape index (κ3) is 2.78. The van der Waals surface area contributed by atoms with Gasteiger partial charge in [0.05, 0.1) is 24.1 Å². The number of nitrogens with zero attached hydrogens (tertiary/aromatic N) is 3. The molecule has 1 saturated carbocycles. The molecule has 1 aromatic carbocycles. The minimum absolute atomic E-state index is 0.313. The van der Waals surface area contributed by atoms with Crippen LogP contribution in [-0.4, -0.2) is 27.6 Å². The van der Waals surface area contributed by atoms with Crippen LogP contribution in [0.4, 0.5) is 5.69 Å². The molecule has 0 unspecified atom stereocenters. The number of pyridine rings is 1. The number of hydrogen-bond acceptors (Lipinski definition) is 3. The molecule has 5 rings (SSSR count). The fraction of sp³-hybridized carbons (Fsp3) is 0.409. The van der Waals surface area contributed by atoms with E-state index >= 15 is 0 Å². The van der Waals surface area contributed by atoms with E-state index < -0.39 is 6.10 Å². The van der Waals surface area contributed by atoms with Crippen LogP contribution in [0.15, 0.2) is 55.1 Å². The molecule has 1 saturated heterocycles. The molecule has 1 aliphatic heterocycles. The zero-order chi connectivity index (χ0) is 17.5. The first-order valence-electron chi connectivity index (χ1n) is 9.74. The van der Waals surface area contributed by atoms with Gasteiger partial charge in [-0.25, -0.2) is 4.98 Å². The topological polar surface area (TPSA) is 40.8 Å². The van der Waals surface area contributed by atoms with Crippen molar-refractivity contribution in [2.75, 3.05) is 18.0 Å². The van der Waals surface area contributed by atoms with E-state index in [2.05, 4.69) is 52.5 Å². The number of fused-ring (bicyclic) bond motifs is 1. The molecule has 0 amide bonds. The van der Waals surface area contributed by atoms with E-state index in [1.807, 2.05) is 16.9 Å². The zero-order valence-electron chi connectivity index (χ0n) is 15.0. The SMILES string of the molecule is O[C@@H](c1c(C2CC2)ccn2cncc12)C1CCN(c2ccccc2)CC1. The van der Waals surface area contributed by atoms with Gasteiger partial charge in [-0.1, -0.05) is 18.2 Å². The molecule has 1 atom stereocenters. The molecule has 2 fully saturated rings. The van der Waals surface area contributed by atoms with E-state index in [0.29, 0.717) is 11.8 Å². The minimum Gasteiger partial charge on any atom is -0.388 e. The fourth-order valence-electron chi connectivity index (χ4n) is 4.45. The predicted octanol–water partition coefficient (Wildman–Crippen LogP) is 4.16. The van der Waals surface area contributed by atoms with Crippen LogP contribution in [0.1, 0.15) is 48.8 Å². The Morgan fingerprint density at radius 1 is 1.00 bits per heavy atom. The molecule has 3 heterocycles. The van der Waals surface area contributed by atoms with Crippen LogP contribution >= 0.6 is 0 Å². The Labute approximate surface area is 154 Å². The molecule has 4 nitrogen and oxygen atoms in total. The van der Waals surface area contributed by atoms with E-state index in [0.717, 1.165) is 37.0 Å². The molecule has 0 spiro atoms. The lowest BCUT2D eigenvalue weighted by molar-refractivity contribution is 0.0931. The van der Waals surface area contributed by atoms with Gasteiger partial charge in [0.2, 0.25) is 0 Å². The van der Waals surface area contributed by atoms with Crippen LogP contribution in [0.25, 0.3) is 5.52 Å². The molecular formula is C22H25N3O. The predicted molar refractivity (Wildman–Crippen MR) is 104 cm³/mol. The summed E-state index contributed by atoms with van der Waals surface area (Å²) < 4.78 is 2.05. The molecule has 0 radical (unpaired) electrons. The number of piperidine rings is 1. The summed E-state index contributed by atoms with van der Waals surface area (Å²) in [5.74, 6) is 0.942. The number of benzene rings is 1. The van der Waals surface area contributed by atoms with E-state index in [1.54, 1.807) is 0 Å². The van der Waals surface area contributed by atoms with E-state index in [4.69, 9.17) is 0 Å². The molecule has 0 bridgehead atoms. The van der Waals surface area contributed by atoms with Gasteiger partial charge in [-0.3, -0.25) is 0 Å². The Morgan fingerprint density at radius 2 is 1.77 bits per heavy atom. The van der Waals surface area contributed by atoms with Crippen molar-refractivity contribution in [3.63, 3.8) is 0 Å². The highest BCUT2D eigenvalue weighted by atomic mass is 16.3. The van der Waals surface area contributed by atoms with Gasteiger partial charge in [-0.2, -0.15) is 0 Å². The first-order valence-corrected chi connectivity index (χ1v) is 9.74. The second kappa shape index (κ2) is 6.44. The van der Waals surface area contributed by atoms with Crippen molar-refractivity contribution in [1.82, 2.24) is 9.38 Å². The number of rotatable bonds is 4. The van der Waals surface area contributed by atoms with E-state index in [9.17, 15) is 5.11 Å². The molecule has 134 valence electrons. The Hall–Kier alpha value is -2.33. The summed E-state index contributed by atoms with van der Waals surface area (Å²) in [4.78, 5) is 6.74. The highest BCUT2D eigenvalue weighted by molar-refractivity contribution is 5.59. The lowest BCUT2D eigenvalue weighted by Gasteiger charge is -2.36. The highest BCUT2D eigenvalue weighted by Gasteiger charge is 2.33. The Morgan fingerprint density at radius 3 is 2.50 bits per heavy atom. The third-order valence-electron chi connectivity index (χ3n) is 6.09. The van der Waals surface area contributed by atoms with Crippen molar-refractivity contribution in [2.24, 2.45) is 5.92 Å². The van der Waals surface area contributed by atoms with Crippen LogP contribution in [0, 0.1) is 5.92 Å². The largest absolute Gasteiger partial charge is 0.388 e. The number of imidazole rings is 1. The van der Waals surface area contributed by atoms with Gasteiger partial charge in [0.1, 0.15) is 0 Å². The van der Waals surface area contributed by atoms with Crippen molar-refractivity contribution in [1.29, 1.82) is 0 Å². The van der Waals surface area contributed by atoms with E-state index in [1.165, 1.54) is 24.1 Å². The quantitative estimate of drug-likeness (QED) is 0.770. The number of aliphatic hydroxyl groups is 1. The monoisotopic (exact) mass is 347 g/mol. The molecule has 1 N–H and O–H groups in total. The van der Waals surface area contributed by atoms with Crippen LogP contribution in [0.5, 0.6) is 0 Å². The molecule has 2 aromatic heterocycles. The van der Waals surface area contributed by atoms with Gasteiger partial charge in [0.25, 0.3) is 0 Å². The molecule has 3 aromatic rings. The summed E-state index contributed by atoms with van der Waals surface area (Å²) in [6.07, 6.45) is 9.97. The zero-order valence-corrected chi connectivity index (χ0v) is 15.0. The second-order valence-corrected chi connectivity index (χ2v) is 7.75. The summed E-state index contributed by atoms with van der Waals surface area (Å²) in [5, 5.41) is 11.3. The smallest absolute Gasteiger partial charge is 0.0992 e. The highest BCUT2D eigenvalue weighted by Crippen LogP contribution is 2.46. The second-order valence-electron chi connectivity index (χ2n) is 7.75. The maximum absolute atomic E-state index is 11.3. The Bertz CT molecular complexity index is 892. The Kier molecular flexibility index (Phi) is 3.93. The summed E-state index contributed by atoms with van der Waals surface area (Å²) in [6.45, 7) is 2.01. The van der Waals surface area contributed by atoms with Gasteiger partial charge in [0, 0.05) is 30.5 Å². The lowest BCUT2D eigenvalue weighted by Crippen LogP contribution is -2.35. The van der Waals surface area contributed by atoms with Gasteiger partial charge >= 0.3 is 0 Å². The number of anilines is 1. The molecule has 26 heavy (non-hydrogen) atoms. The fourth-order valence-corrected chi connectivity index (χ4v) is 4.45. The summed E-state index contributed by atoms with van der Waals surface area (Å²) >= 11 is 0. The van der Waals surface area contributed by atoms with Crippen molar-refractivity contribution in [3.8, 4) is 0 Å². The summed E-state index contributed by atoms with van der Waals surface area (Å²) in [6, 6.07) is 12.8. The van der Waals surface area contributed by atoms with Gasteiger partial charge < -0.3 is 14.4 Å². The standard InChI is InChI=1S/C22H25N3O/c26-22(17-8-11-24(12-9-17)18-4-2-1-3-5-18)21-19(16-6-7-16)10-13-25-15-23-14-20(21)25/h1-5,10,13-17,22,26H,6-9,11-12H2/t22-/m1/s1. The van der Waals surface area contributed by atoms with Crippen molar-refractivity contribution in [3.05, 3.63) is 66.2 Å². The number of para-hydroxylation sites is 1.